The van der Waals surface area contributed by atoms with E-state index in [1.807, 2.05) is 24.4 Å². The molecule has 2 aliphatic heterocycles. The van der Waals surface area contributed by atoms with Crippen LogP contribution < -0.4 is 10.6 Å². The molecule has 4 heterocycles. The number of fused-ring (bicyclic) bond motifs is 1. The fraction of sp³-hybridized carbons (Fsp3) is 0.455. The Morgan fingerprint density at radius 1 is 1.23 bits per heavy atom. The van der Waals surface area contributed by atoms with Crippen molar-refractivity contribution in [1.82, 2.24) is 14.4 Å². The fourth-order valence-electron chi connectivity index (χ4n) is 4.97. The number of benzene rings is 1. The topological polar surface area (TPSA) is 68.7 Å². The predicted molar refractivity (Wildman–Crippen MR) is 120 cm³/mol. The van der Waals surface area contributed by atoms with E-state index in [0.717, 1.165) is 31.9 Å². The number of piperidine rings is 1. The van der Waals surface area contributed by atoms with Gasteiger partial charge in [-0.05, 0) is 38.8 Å². The Labute approximate surface area is 190 Å². The predicted octanol–water partition coefficient (Wildman–Crippen LogP) is 4.48. The van der Waals surface area contributed by atoms with Crippen LogP contribution in [0, 0.1) is 18.2 Å². The Morgan fingerprint density at radius 3 is 2.65 bits per heavy atom. The Balaban J connectivity index is 1.55. The molecule has 2 saturated heterocycles. The number of ether oxygens (including phenoxy) is 1. The van der Waals surface area contributed by atoms with Crippen LogP contribution in [0.25, 0.3) is 16.8 Å². The molecule has 9 heteroatoms. The second-order valence-electron chi connectivity index (χ2n) is 8.60. The summed E-state index contributed by atoms with van der Waals surface area (Å²) in [4.78, 5) is 11.6. The molecule has 0 saturated carbocycles. The molecule has 164 valence electrons. The van der Waals surface area contributed by atoms with Crippen LogP contribution in [0.4, 0.5) is 10.3 Å². The van der Waals surface area contributed by atoms with Gasteiger partial charge in [0.25, 0.3) is 0 Å². The number of hydrogen-bond donors (Lipinski definition) is 1. The standard InChI is InChI=1S/C22H24Cl2FN5O/c1-12-16(17-15(25)4-3-14(23)18(17)24)20-27-7-10-30(20)21(28-12)29-8-5-22(6-9-29)11-31-13(2)19(22)26/h3-4,7,10,13,19H,5-6,8-9,11,26H2,1-2H3. The summed E-state index contributed by atoms with van der Waals surface area (Å²) in [5.74, 6) is 0.323. The van der Waals surface area contributed by atoms with Crippen LogP contribution in [0.5, 0.6) is 0 Å². The van der Waals surface area contributed by atoms with Gasteiger partial charge in [0.05, 0.1) is 34.0 Å². The third-order valence-electron chi connectivity index (χ3n) is 6.89. The molecule has 0 radical (unpaired) electrons. The quantitative estimate of drug-likeness (QED) is 0.567. The lowest BCUT2D eigenvalue weighted by Crippen LogP contribution is -2.51. The van der Waals surface area contributed by atoms with Gasteiger partial charge in [-0.15, -0.1) is 0 Å². The van der Waals surface area contributed by atoms with Gasteiger partial charge in [0, 0.05) is 42.5 Å². The Bertz CT molecular complexity index is 1160. The van der Waals surface area contributed by atoms with Gasteiger partial charge in [-0.3, -0.25) is 4.40 Å². The lowest BCUT2D eigenvalue weighted by Gasteiger charge is -2.41. The van der Waals surface area contributed by atoms with Crippen molar-refractivity contribution in [1.29, 1.82) is 0 Å². The molecule has 2 aliphatic rings. The Hall–Kier alpha value is -1.93. The lowest BCUT2D eigenvalue weighted by molar-refractivity contribution is 0.0973. The van der Waals surface area contributed by atoms with E-state index in [9.17, 15) is 4.39 Å². The van der Waals surface area contributed by atoms with Crippen LogP contribution in [0.3, 0.4) is 0 Å². The molecule has 5 rings (SSSR count). The number of rotatable bonds is 2. The molecule has 1 spiro atoms. The van der Waals surface area contributed by atoms with Crippen LogP contribution >= 0.6 is 23.2 Å². The molecule has 0 bridgehead atoms. The minimum absolute atomic E-state index is 0.0242. The largest absolute Gasteiger partial charge is 0.376 e. The third kappa shape index (κ3) is 3.21. The summed E-state index contributed by atoms with van der Waals surface area (Å²) in [6, 6.07) is 2.81. The number of imidazole rings is 1. The molecule has 2 aromatic heterocycles. The molecule has 2 fully saturated rings. The number of aryl methyl sites for hydroxylation is 1. The van der Waals surface area contributed by atoms with Crippen LogP contribution in [-0.4, -0.2) is 46.2 Å². The van der Waals surface area contributed by atoms with E-state index < -0.39 is 5.82 Å². The average molecular weight is 464 g/mol. The van der Waals surface area contributed by atoms with Gasteiger partial charge in [0.1, 0.15) is 11.5 Å². The molecule has 1 aromatic carbocycles. The highest BCUT2D eigenvalue weighted by Crippen LogP contribution is 2.43. The maximum absolute atomic E-state index is 14.8. The summed E-state index contributed by atoms with van der Waals surface area (Å²) in [5.41, 5.74) is 8.50. The zero-order valence-corrected chi connectivity index (χ0v) is 18.9. The van der Waals surface area contributed by atoms with Crippen molar-refractivity contribution in [2.24, 2.45) is 11.1 Å². The number of nitrogens with two attached hydrogens (primary N) is 1. The highest BCUT2D eigenvalue weighted by Gasteiger charge is 2.47. The van der Waals surface area contributed by atoms with Gasteiger partial charge < -0.3 is 15.4 Å². The van der Waals surface area contributed by atoms with Gasteiger partial charge >= 0.3 is 0 Å². The van der Waals surface area contributed by atoms with Crippen LogP contribution in [0.2, 0.25) is 10.0 Å². The van der Waals surface area contributed by atoms with E-state index in [1.165, 1.54) is 12.1 Å². The van der Waals surface area contributed by atoms with Crippen LogP contribution in [0.1, 0.15) is 25.5 Å². The fourth-order valence-corrected chi connectivity index (χ4v) is 5.37. The molecular weight excluding hydrogens is 440 g/mol. The maximum atomic E-state index is 14.8. The van der Waals surface area contributed by atoms with E-state index in [-0.39, 0.29) is 33.2 Å². The van der Waals surface area contributed by atoms with Crippen molar-refractivity contribution in [2.45, 2.75) is 38.8 Å². The minimum Gasteiger partial charge on any atom is -0.376 e. The molecular formula is C22H24Cl2FN5O. The second kappa shape index (κ2) is 7.59. The summed E-state index contributed by atoms with van der Waals surface area (Å²) in [6.45, 7) is 6.23. The SMILES string of the molecule is Cc1nc(N2CCC3(CC2)COC(C)C3N)n2ccnc2c1-c1c(F)ccc(Cl)c1Cl. The van der Waals surface area contributed by atoms with E-state index >= 15 is 0 Å². The van der Waals surface area contributed by atoms with Gasteiger partial charge in [-0.1, -0.05) is 23.2 Å². The molecule has 2 N–H and O–H groups in total. The molecule has 31 heavy (non-hydrogen) atoms. The molecule has 3 aromatic rings. The number of halogens is 3. The number of aromatic nitrogens is 3. The van der Waals surface area contributed by atoms with Crippen LogP contribution in [0.15, 0.2) is 24.5 Å². The number of anilines is 1. The maximum Gasteiger partial charge on any atom is 0.211 e. The first-order valence-electron chi connectivity index (χ1n) is 10.4. The van der Waals surface area contributed by atoms with Crippen molar-refractivity contribution >= 4 is 34.8 Å². The van der Waals surface area contributed by atoms with Crippen LogP contribution in [-0.2, 0) is 4.74 Å². The zero-order valence-electron chi connectivity index (χ0n) is 17.4. The monoisotopic (exact) mass is 463 g/mol. The first-order chi connectivity index (χ1) is 14.8. The first kappa shape index (κ1) is 20.9. The molecule has 2 atom stereocenters. The number of hydrogen-bond acceptors (Lipinski definition) is 5. The highest BCUT2D eigenvalue weighted by atomic mass is 35.5. The van der Waals surface area contributed by atoms with E-state index in [0.29, 0.717) is 23.5 Å². The third-order valence-corrected chi connectivity index (χ3v) is 7.70. The average Bonchev–Trinajstić information content (AvgIpc) is 3.34. The van der Waals surface area contributed by atoms with Gasteiger partial charge in [0.15, 0.2) is 0 Å². The number of nitrogens with zero attached hydrogens (tertiary/aromatic N) is 4. The summed E-state index contributed by atoms with van der Waals surface area (Å²) < 4.78 is 22.5. The van der Waals surface area contributed by atoms with Crippen molar-refractivity contribution < 1.29 is 9.13 Å². The van der Waals surface area contributed by atoms with Gasteiger partial charge in [0.2, 0.25) is 5.95 Å². The smallest absolute Gasteiger partial charge is 0.211 e. The Kier molecular flexibility index (Phi) is 5.13. The summed E-state index contributed by atoms with van der Waals surface area (Å²) in [7, 11) is 0. The molecule has 2 unspecified atom stereocenters. The second-order valence-corrected chi connectivity index (χ2v) is 9.39. The first-order valence-corrected chi connectivity index (χ1v) is 11.2. The van der Waals surface area contributed by atoms with Gasteiger partial charge in [-0.2, -0.15) is 0 Å². The lowest BCUT2D eigenvalue weighted by atomic mass is 9.73. The van der Waals surface area contributed by atoms with Crippen molar-refractivity contribution in [3.63, 3.8) is 0 Å². The minimum atomic E-state index is -0.457. The van der Waals surface area contributed by atoms with E-state index in [4.69, 9.17) is 38.7 Å². The highest BCUT2D eigenvalue weighted by molar-refractivity contribution is 6.43. The van der Waals surface area contributed by atoms with Crippen molar-refractivity contribution in [3.05, 3.63) is 46.1 Å². The van der Waals surface area contributed by atoms with Crippen molar-refractivity contribution in [3.8, 4) is 11.1 Å². The normalized spacial score (nSPS) is 23.2. The summed E-state index contributed by atoms with van der Waals surface area (Å²) in [5, 5.41) is 0.449. The Morgan fingerprint density at radius 2 is 1.97 bits per heavy atom. The van der Waals surface area contributed by atoms with E-state index in [2.05, 4.69) is 9.88 Å². The molecule has 0 amide bonds. The van der Waals surface area contributed by atoms with Gasteiger partial charge in [-0.25, -0.2) is 14.4 Å². The van der Waals surface area contributed by atoms with E-state index in [1.54, 1.807) is 6.20 Å². The summed E-state index contributed by atoms with van der Waals surface area (Å²) in [6.07, 6.45) is 5.49. The summed E-state index contributed by atoms with van der Waals surface area (Å²) >= 11 is 12.6. The zero-order chi connectivity index (χ0) is 21.9. The van der Waals surface area contributed by atoms with Crippen molar-refractivity contribution in [2.75, 3.05) is 24.6 Å². The molecule has 6 nitrogen and oxygen atoms in total. The molecule has 0 aliphatic carbocycles.